The molecule has 0 saturated heterocycles. The first-order chi connectivity index (χ1) is 12.2. The van der Waals surface area contributed by atoms with Gasteiger partial charge in [-0.1, -0.05) is 12.1 Å². The molecule has 25 heavy (non-hydrogen) atoms. The van der Waals surface area contributed by atoms with E-state index in [2.05, 4.69) is 19.9 Å². The van der Waals surface area contributed by atoms with Crippen molar-refractivity contribution >= 4 is 16.7 Å². The molecule has 0 N–H and O–H groups in total. The Morgan fingerprint density at radius 3 is 1.88 bits per heavy atom. The van der Waals surface area contributed by atoms with Gasteiger partial charge in [0.25, 0.3) is 5.69 Å². The highest BCUT2D eigenvalue weighted by Gasteiger charge is 2.16. The molecule has 0 radical (unpaired) electrons. The molecule has 0 bridgehead atoms. The van der Waals surface area contributed by atoms with Gasteiger partial charge in [-0.05, 0) is 30.3 Å². The molecule has 7 heteroatoms. The van der Waals surface area contributed by atoms with E-state index in [1.165, 1.54) is 12.1 Å². The van der Waals surface area contributed by atoms with Crippen LogP contribution in [-0.4, -0.2) is 24.9 Å². The van der Waals surface area contributed by atoms with Crippen molar-refractivity contribution in [2.24, 2.45) is 0 Å². The molecule has 0 aliphatic heterocycles. The topological polar surface area (TPSA) is 94.7 Å². The highest BCUT2D eigenvalue weighted by molar-refractivity contribution is 5.85. The average molecular weight is 329 g/mol. The fraction of sp³-hybridized carbons (Fsp3) is 0. The van der Waals surface area contributed by atoms with Gasteiger partial charge in [0.1, 0.15) is 11.4 Å². The standard InChI is InChI=1S/C18H11N5O2/c24-23(25)12-7-8-13-16(11-12)22-18(15-6-2-4-10-20-15)17(21-13)14-5-1-3-9-19-14/h1-11H. The van der Waals surface area contributed by atoms with Crippen LogP contribution in [0.2, 0.25) is 0 Å². The van der Waals surface area contributed by atoms with Crippen LogP contribution >= 0.6 is 0 Å². The van der Waals surface area contributed by atoms with Gasteiger partial charge >= 0.3 is 0 Å². The minimum atomic E-state index is -0.450. The van der Waals surface area contributed by atoms with E-state index in [-0.39, 0.29) is 5.69 Å². The average Bonchev–Trinajstić information content (AvgIpc) is 2.68. The number of nitro benzene ring substituents is 1. The van der Waals surface area contributed by atoms with Gasteiger partial charge in [0.05, 0.1) is 27.3 Å². The number of rotatable bonds is 3. The zero-order chi connectivity index (χ0) is 17.2. The van der Waals surface area contributed by atoms with E-state index in [0.29, 0.717) is 33.8 Å². The Morgan fingerprint density at radius 1 is 0.760 bits per heavy atom. The predicted molar refractivity (Wildman–Crippen MR) is 92.7 cm³/mol. The summed E-state index contributed by atoms with van der Waals surface area (Å²) in [4.78, 5) is 28.5. The Labute approximate surface area is 142 Å². The second-order valence-corrected chi connectivity index (χ2v) is 5.28. The summed E-state index contributed by atoms with van der Waals surface area (Å²) in [5, 5.41) is 11.0. The minimum Gasteiger partial charge on any atom is -0.258 e. The van der Waals surface area contributed by atoms with Crippen molar-refractivity contribution in [2.75, 3.05) is 0 Å². The Morgan fingerprint density at radius 2 is 1.36 bits per heavy atom. The van der Waals surface area contributed by atoms with Crippen LogP contribution < -0.4 is 0 Å². The molecule has 120 valence electrons. The van der Waals surface area contributed by atoms with Gasteiger partial charge in [-0.2, -0.15) is 0 Å². The smallest absolute Gasteiger partial charge is 0.258 e. The molecule has 3 aromatic heterocycles. The van der Waals surface area contributed by atoms with Crippen LogP contribution in [0.25, 0.3) is 33.8 Å². The highest BCUT2D eigenvalue weighted by atomic mass is 16.6. The third kappa shape index (κ3) is 2.78. The monoisotopic (exact) mass is 329 g/mol. The largest absolute Gasteiger partial charge is 0.271 e. The van der Waals surface area contributed by atoms with E-state index >= 15 is 0 Å². The maximum absolute atomic E-state index is 11.0. The molecule has 0 amide bonds. The molecule has 4 aromatic rings. The molecule has 3 heterocycles. The van der Waals surface area contributed by atoms with Crippen molar-refractivity contribution in [1.29, 1.82) is 0 Å². The van der Waals surface area contributed by atoms with Crippen LogP contribution in [0.15, 0.2) is 67.0 Å². The molecule has 1 aromatic carbocycles. The van der Waals surface area contributed by atoms with Crippen LogP contribution in [0.4, 0.5) is 5.69 Å². The van der Waals surface area contributed by atoms with E-state index in [4.69, 9.17) is 0 Å². The van der Waals surface area contributed by atoms with E-state index in [1.807, 2.05) is 36.4 Å². The molecule has 0 unspecified atom stereocenters. The maximum atomic E-state index is 11.0. The van der Waals surface area contributed by atoms with Crippen LogP contribution in [-0.2, 0) is 0 Å². The molecule has 0 saturated carbocycles. The summed E-state index contributed by atoms with van der Waals surface area (Å²) in [5.74, 6) is 0. The normalized spacial score (nSPS) is 10.7. The van der Waals surface area contributed by atoms with Crippen LogP contribution in [0.1, 0.15) is 0 Å². The number of hydrogen-bond acceptors (Lipinski definition) is 6. The quantitative estimate of drug-likeness (QED) is 0.420. The number of benzene rings is 1. The van der Waals surface area contributed by atoms with E-state index < -0.39 is 4.92 Å². The summed E-state index contributed by atoms with van der Waals surface area (Å²) in [6, 6.07) is 15.4. The lowest BCUT2D eigenvalue weighted by Crippen LogP contribution is -1.98. The van der Waals surface area contributed by atoms with Crippen molar-refractivity contribution in [3.63, 3.8) is 0 Å². The van der Waals surface area contributed by atoms with Crippen LogP contribution in [0.3, 0.4) is 0 Å². The molecule has 0 atom stereocenters. The molecule has 4 rings (SSSR count). The second kappa shape index (κ2) is 6.04. The fourth-order valence-electron chi connectivity index (χ4n) is 2.52. The first-order valence-electron chi connectivity index (χ1n) is 7.51. The van der Waals surface area contributed by atoms with Crippen LogP contribution in [0, 0.1) is 10.1 Å². The summed E-state index contributed by atoms with van der Waals surface area (Å²) < 4.78 is 0. The number of fused-ring (bicyclic) bond motifs is 1. The molecular weight excluding hydrogens is 318 g/mol. The summed E-state index contributed by atoms with van der Waals surface area (Å²) >= 11 is 0. The number of non-ortho nitro benzene ring substituents is 1. The van der Waals surface area contributed by atoms with E-state index in [0.717, 1.165) is 0 Å². The first kappa shape index (κ1) is 14.8. The van der Waals surface area contributed by atoms with Gasteiger partial charge in [0.15, 0.2) is 0 Å². The summed E-state index contributed by atoms with van der Waals surface area (Å²) in [7, 11) is 0. The molecule has 7 nitrogen and oxygen atoms in total. The van der Waals surface area contributed by atoms with Crippen molar-refractivity contribution in [3.8, 4) is 22.8 Å². The number of hydrogen-bond donors (Lipinski definition) is 0. The maximum Gasteiger partial charge on any atom is 0.271 e. The number of pyridine rings is 2. The van der Waals surface area contributed by atoms with E-state index in [1.54, 1.807) is 18.5 Å². The SMILES string of the molecule is O=[N+]([O-])c1ccc2nc(-c3ccccn3)c(-c3ccccn3)nc2c1. The predicted octanol–water partition coefficient (Wildman–Crippen LogP) is 3.66. The molecule has 0 aliphatic carbocycles. The lowest BCUT2D eigenvalue weighted by Gasteiger charge is -2.09. The summed E-state index contributed by atoms with van der Waals surface area (Å²) in [5.41, 5.74) is 3.38. The Balaban J connectivity index is 2.02. The Bertz CT molecular complexity index is 1070. The Kier molecular flexibility index (Phi) is 3.59. The van der Waals surface area contributed by atoms with Gasteiger partial charge in [0.2, 0.25) is 0 Å². The van der Waals surface area contributed by atoms with Gasteiger partial charge in [0, 0.05) is 24.5 Å². The van der Waals surface area contributed by atoms with Gasteiger partial charge in [-0.3, -0.25) is 20.1 Å². The van der Waals surface area contributed by atoms with Crippen molar-refractivity contribution in [2.45, 2.75) is 0 Å². The van der Waals surface area contributed by atoms with Crippen molar-refractivity contribution < 1.29 is 4.92 Å². The minimum absolute atomic E-state index is 0.0284. The number of nitrogens with zero attached hydrogens (tertiary/aromatic N) is 5. The lowest BCUT2D eigenvalue weighted by atomic mass is 10.1. The molecular formula is C18H11N5O2. The van der Waals surface area contributed by atoms with Crippen molar-refractivity contribution in [1.82, 2.24) is 19.9 Å². The van der Waals surface area contributed by atoms with Crippen LogP contribution in [0.5, 0.6) is 0 Å². The van der Waals surface area contributed by atoms with Crippen molar-refractivity contribution in [3.05, 3.63) is 77.1 Å². The molecule has 0 spiro atoms. The molecule has 0 fully saturated rings. The third-order valence-electron chi connectivity index (χ3n) is 3.67. The second-order valence-electron chi connectivity index (χ2n) is 5.28. The number of aromatic nitrogens is 4. The van der Waals surface area contributed by atoms with Gasteiger partial charge < -0.3 is 0 Å². The summed E-state index contributed by atoms with van der Waals surface area (Å²) in [6.45, 7) is 0. The fourth-order valence-corrected chi connectivity index (χ4v) is 2.52. The lowest BCUT2D eigenvalue weighted by molar-refractivity contribution is -0.384. The zero-order valence-electron chi connectivity index (χ0n) is 12.9. The molecule has 0 aliphatic rings. The first-order valence-corrected chi connectivity index (χ1v) is 7.51. The number of nitro groups is 1. The van der Waals surface area contributed by atoms with Gasteiger partial charge in [-0.15, -0.1) is 0 Å². The third-order valence-corrected chi connectivity index (χ3v) is 3.67. The van der Waals surface area contributed by atoms with Gasteiger partial charge in [-0.25, -0.2) is 9.97 Å². The zero-order valence-corrected chi connectivity index (χ0v) is 12.9. The van der Waals surface area contributed by atoms with E-state index in [9.17, 15) is 10.1 Å². The Hall–Kier alpha value is -3.74. The highest BCUT2D eigenvalue weighted by Crippen LogP contribution is 2.29. The summed E-state index contributed by atoms with van der Waals surface area (Å²) in [6.07, 6.45) is 3.34.